The number of nitrogens with zero attached hydrogens (tertiary/aromatic N) is 1. The van der Waals surface area contributed by atoms with Crippen molar-refractivity contribution in [3.8, 4) is 0 Å². The van der Waals surface area contributed by atoms with Crippen molar-refractivity contribution in [1.29, 1.82) is 0 Å². The summed E-state index contributed by atoms with van der Waals surface area (Å²) in [5.74, 6) is -0.563. The highest BCUT2D eigenvalue weighted by Gasteiger charge is 2.13. The number of sulfone groups is 1. The molecule has 2 rings (SSSR count). The first-order valence-corrected chi connectivity index (χ1v) is 9.55. The maximum absolute atomic E-state index is 12.0. The Morgan fingerprint density at radius 2 is 2.04 bits per heavy atom. The second-order valence-electron chi connectivity index (χ2n) is 4.78. The fourth-order valence-corrected chi connectivity index (χ4v) is 3.71. The maximum Gasteiger partial charge on any atom is 0.330 e. The van der Waals surface area contributed by atoms with E-state index in [4.69, 9.17) is 4.74 Å². The van der Waals surface area contributed by atoms with Crippen LogP contribution in [-0.2, 0) is 19.4 Å². The molecule has 0 radical (unpaired) electrons. The number of ether oxygens (including phenoxy) is 1. The molecule has 23 heavy (non-hydrogen) atoms. The number of hydrogen-bond acceptors (Lipinski definition) is 6. The Morgan fingerprint density at radius 3 is 2.70 bits per heavy atom. The molecule has 122 valence electrons. The first-order chi connectivity index (χ1) is 11.0. The van der Waals surface area contributed by atoms with E-state index in [0.717, 1.165) is 5.01 Å². The van der Waals surface area contributed by atoms with Gasteiger partial charge in [-0.25, -0.2) is 18.2 Å². The highest BCUT2D eigenvalue weighted by molar-refractivity contribution is 7.91. The number of aromatic nitrogens is 1. The highest BCUT2D eigenvalue weighted by Crippen LogP contribution is 2.11. The van der Waals surface area contributed by atoms with E-state index < -0.39 is 15.8 Å². The molecule has 0 saturated carbocycles. The van der Waals surface area contributed by atoms with Crippen LogP contribution in [0.5, 0.6) is 0 Å². The summed E-state index contributed by atoms with van der Waals surface area (Å²) in [6, 6.07) is 8.23. The van der Waals surface area contributed by atoms with Crippen LogP contribution < -0.4 is 0 Å². The van der Waals surface area contributed by atoms with Gasteiger partial charge in [-0.3, -0.25) is 0 Å². The van der Waals surface area contributed by atoms with Gasteiger partial charge < -0.3 is 4.74 Å². The Hall–Kier alpha value is -1.99. The summed E-state index contributed by atoms with van der Waals surface area (Å²) in [7, 11) is -3.33. The van der Waals surface area contributed by atoms with Crippen LogP contribution in [0.1, 0.15) is 17.1 Å². The van der Waals surface area contributed by atoms with Crippen LogP contribution in [0.2, 0.25) is 0 Å². The van der Waals surface area contributed by atoms with E-state index in [1.54, 1.807) is 36.4 Å². The van der Waals surface area contributed by atoms with Gasteiger partial charge in [-0.05, 0) is 31.6 Å². The predicted molar refractivity (Wildman–Crippen MR) is 90.0 cm³/mol. The number of aryl methyl sites for hydroxylation is 1. The highest BCUT2D eigenvalue weighted by atomic mass is 32.2. The predicted octanol–water partition coefficient (Wildman–Crippen LogP) is 2.87. The number of hydrogen-bond donors (Lipinski definition) is 0. The van der Waals surface area contributed by atoms with E-state index in [-0.39, 0.29) is 23.7 Å². The molecule has 5 nitrogen and oxygen atoms in total. The van der Waals surface area contributed by atoms with Gasteiger partial charge in [0.1, 0.15) is 0 Å². The standard InChI is InChI=1S/C16H17NO4S2/c1-13-17-14(12-22-13)8-9-16(18)21-10-5-11-23(19,20)15-6-3-2-4-7-15/h2-4,6-9,12H,5,10-11H2,1H3/b9-8+. The molecule has 1 heterocycles. The molecule has 0 fully saturated rings. The molecule has 0 aliphatic heterocycles. The van der Waals surface area contributed by atoms with Crippen molar-refractivity contribution in [3.05, 3.63) is 52.5 Å². The number of rotatable bonds is 7. The maximum atomic E-state index is 12.0. The summed E-state index contributed by atoms with van der Waals surface area (Å²) in [5, 5.41) is 2.76. The lowest BCUT2D eigenvalue weighted by Crippen LogP contribution is -2.11. The monoisotopic (exact) mass is 351 g/mol. The van der Waals surface area contributed by atoms with Crippen LogP contribution in [0.25, 0.3) is 6.08 Å². The molecule has 1 aromatic heterocycles. The number of thiazole rings is 1. The van der Waals surface area contributed by atoms with Gasteiger partial charge in [-0.2, -0.15) is 0 Å². The van der Waals surface area contributed by atoms with Crippen LogP contribution in [0, 0.1) is 6.92 Å². The molecule has 7 heteroatoms. The molecule has 0 N–H and O–H groups in total. The van der Waals surface area contributed by atoms with Gasteiger partial charge in [-0.15, -0.1) is 11.3 Å². The molecule has 0 saturated heterocycles. The Labute approximate surface area is 139 Å². The zero-order chi connectivity index (χ0) is 16.7. The number of esters is 1. The molecule has 1 aromatic carbocycles. The van der Waals surface area contributed by atoms with Crippen LogP contribution >= 0.6 is 11.3 Å². The molecule has 0 unspecified atom stereocenters. The van der Waals surface area contributed by atoms with Crippen molar-refractivity contribution < 1.29 is 17.9 Å². The lowest BCUT2D eigenvalue weighted by Gasteiger charge is -2.04. The number of benzene rings is 1. The van der Waals surface area contributed by atoms with Gasteiger partial charge in [0, 0.05) is 11.5 Å². The third kappa shape index (κ3) is 5.61. The molecule has 0 aliphatic rings. The van der Waals surface area contributed by atoms with Crippen LogP contribution in [0.3, 0.4) is 0 Å². The molecular weight excluding hydrogens is 334 g/mol. The summed E-state index contributed by atoms with van der Waals surface area (Å²) in [5.41, 5.74) is 0.705. The summed E-state index contributed by atoms with van der Waals surface area (Å²) >= 11 is 1.50. The first kappa shape index (κ1) is 17.4. The average molecular weight is 351 g/mol. The van der Waals surface area contributed by atoms with E-state index in [0.29, 0.717) is 5.69 Å². The fourth-order valence-electron chi connectivity index (χ4n) is 1.83. The van der Waals surface area contributed by atoms with Gasteiger partial charge in [0.25, 0.3) is 0 Å². The SMILES string of the molecule is Cc1nc(/C=C/C(=O)OCCCS(=O)(=O)c2ccccc2)cs1. The van der Waals surface area contributed by atoms with E-state index in [1.165, 1.54) is 17.4 Å². The van der Waals surface area contributed by atoms with Crippen molar-refractivity contribution in [1.82, 2.24) is 4.98 Å². The van der Waals surface area contributed by atoms with Crippen molar-refractivity contribution in [2.45, 2.75) is 18.2 Å². The van der Waals surface area contributed by atoms with E-state index in [2.05, 4.69) is 4.98 Å². The summed E-state index contributed by atoms with van der Waals surface area (Å²) in [6.07, 6.45) is 3.12. The zero-order valence-electron chi connectivity index (χ0n) is 12.6. The van der Waals surface area contributed by atoms with Gasteiger partial charge in [-0.1, -0.05) is 18.2 Å². The molecule has 0 atom stereocenters. The molecule has 0 aliphatic carbocycles. The van der Waals surface area contributed by atoms with Crippen LogP contribution in [0.4, 0.5) is 0 Å². The molecule has 0 bridgehead atoms. The Kier molecular flexibility index (Phi) is 6.06. The minimum Gasteiger partial charge on any atom is -0.462 e. The Balaban J connectivity index is 1.75. The third-order valence-electron chi connectivity index (χ3n) is 2.93. The van der Waals surface area contributed by atoms with Crippen molar-refractivity contribution in [2.75, 3.05) is 12.4 Å². The second kappa shape index (κ2) is 8.03. The zero-order valence-corrected chi connectivity index (χ0v) is 14.3. The average Bonchev–Trinajstić information content (AvgIpc) is 2.96. The molecule has 2 aromatic rings. The smallest absolute Gasteiger partial charge is 0.330 e. The van der Waals surface area contributed by atoms with Crippen molar-refractivity contribution in [2.24, 2.45) is 0 Å². The quantitative estimate of drug-likeness (QED) is 0.436. The van der Waals surface area contributed by atoms with E-state index in [9.17, 15) is 13.2 Å². The summed E-state index contributed by atoms with van der Waals surface area (Å²) in [6.45, 7) is 1.94. The lowest BCUT2D eigenvalue weighted by molar-refractivity contribution is -0.137. The Morgan fingerprint density at radius 1 is 1.30 bits per heavy atom. The first-order valence-electron chi connectivity index (χ1n) is 7.02. The molecule has 0 amide bonds. The van der Waals surface area contributed by atoms with Gasteiger partial charge in [0.15, 0.2) is 9.84 Å². The topological polar surface area (TPSA) is 73.3 Å². The number of carbonyl (C=O) groups is 1. The largest absolute Gasteiger partial charge is 0.462 e. The van der Waals surface area contributed by atoms with Crippen molar-refractivity contribution in [3.63, 3.8) is 0 Å². The molecule has 0 spiro atoms. The van der Waals surface area contributed by atoms with Gasteiger partial charge in [0.05, 0.1) is 28.0 Å². The van der Waals surface area contributed by atoms with Crippen molar-refractivity contribution >= 4 is 33.2 Å². The minimum atomic E-state index is -3.33. The van der Waals surface area contributed by atoms with E-state index >= 15 is 0 Å². The fraction of sp³-hybridized carbons (Fsp3) is 0.250. The second-order valence-corrected chi connectivity index (χ2v) is 7.95. The van der Waals surface area contributed by atoms with E-state index in [1.807, 2.05) is 12.3 Å². The summed E-state index contributed by atoms with van der Waals surface area (Å²) < 4.78 is 29.0. The number of carbonyl (C=O) groups excluding carboxylic acids is 1. The van der Waals surface area contributed by atoms with Gasteiger partial charge >= 0.3 is 5.97 Å². The Bertz CT molecular complexity index is 779. The minimum absolute atomic E-state index is 0.0563. The van der Waals surface area contributed by atoms with Gasteiger partial charge in [0.2, 0.25) is 0 Å². The third-order valence-corrected chi connectivity index (χ3v) is 5.54. The van der Waals surface area contributed by atoms with Crippen LogP contribution in [0.15, 0.2) is 46.7 Å². The normalized spacial score (nSPS) is 11.7. The lowest BCUT2D eigenvalue weighted by atomic mass is 10.4. The van der Waals surface area contributed by atoms with Crippen LogP contribution in [-0.4, -0.2) is 31.7 Å². The summed E-state index contributed by atoms with van der Waals surface area (Å²) in [4.78, 5) is 16.0. The molecular formula is C16H17NO4S2.